The van der Waals surface area contributed by atoms with Gasteiger partial charge in [0.1, 0.15) is 6.33 Å². The molecule has 9 heteroatoms. The molecular weight excluding hydrogens is 368 g/mol. The number of aromatic nitrogens is 4. The molecule has 1 saturated carbocycles. The Balaban J connectivity index is 1.72. The van der Waals surface area contributed by atoms with E-state index in [1.807, 2.05) is 0 Å². The highest BCUT2D eigenvalue weighted by molar-refractivity contribution is 6.34. The van der Waals surface area contributed by atoms with E-state index in [0.29, 0.717) is 29.2 Å². The number of hydrogen-bond donors (Lipinski definition) is 2. The summed E-state index contributed by atoms with van der Waals surface area (Å²) in [6, 6.07) is 4.90. The molecule has 1 aliphatic carbocycles. The van der Waals surface area contributed by atoms with Gasteiger partial charge in [0.25, 0.3) is 5.91 Å². The molecule has 8 nitrogen and oxygen atoms in total. The van der Waals surface area contributed by atoms with E-state index in [2.05, 4.69) is 26.2 Å². The van der Waals surface area contributed by atoms with E-state index < -0.39 is 0 Å². The summed E-state index contributed by atoms with van der Waals surface area (Å²) in [5, 5.41) is 17.1. The third-order valence-corrected chi connectivity index (χ3v) is 5.39. The van der Waals surface area contributed by atoms with Crippen LogP contribution >= 0.6 is 11.6 Å². The van der Waals surface area contributed by atoms with Crippen LogP contribution in [0.4, 0.5) is 5.69 Å². The first kappa shape index (κ1) is 19.3. The highest BCUT2D eigenvalue weighted by Gasteiger charge is 2.35. The average molecular weight is 391 g/mol. The normalized spacial score (nSPS) is 15.9. The molecule has 1 aromatic carbocycles. The second kappa shape index (κ2) is 8.47. The first-order chi connectivity index (χ1) is 13.0. The Morgan fingerprint density at radius 1 is 1.26 bits per heavy atom. The molecule has 1 fully saturated rings. The van der Waals surface area contributed by atoms with Crippen molar-refractivity contribution in [2.75, 3.05) is 12.4 Å². The molecule has 2 aromatic rings. The lowest BCUT2D eigenvalue weighted by molar-refractivity contribution is -0.119. The summed E-state index contributed by atoms with van der Waals surface area (Å²) in [4.78, 5) is 24.6. The summed E-state index contributed by atoms with van der Waals surface area (Å²) in [7, 11) is 1.54. The number of rotatable bonds is 6. The number of carbonyl (C=O) groups is 2. The molecule has 27 heavy (non-hydrogen) atoms. The first-order valence-electron chi connectivity index (χ1n) is 9.04. The summed E-state index contributed by atoms with van der Waals surface area (Å²) in [6.45, 7) is 0.623. The zero-order valence-corrected chi connectivity index (χ0v) is 16.0. The average Bonchev–Trinajstić information content (AvgIpc) is 3.15. The third-order valence-electron chi connectivity index (χ3n) is 5.06. The van der Waals surface area contributed by atoms with Gasteiger partial charge in [-0.25, -0.2) is 4.68 Å². The summed E-state index contributed by atoms with van der Waals surface area (Å²) in [6.07, 6.45) is 7.27. The van der Waals surface area contributed by atoms with Gasteiger partial charge in [0.15, 0.2) is 0 Å². The van der Waals surface area contributed by atoms with E-state index in [4.69, 9.17) is 11.6 Å². The summed E-state index contributed by atoms with van der Waals surface area (Å²) < 4.78 is 1.70. The van der Waals surface area contributed by atoms with E-state index in [0.717, 1.165) is 25.7 Å². The van der Waals surface area contributed by atoms with Gasteiger partial charge in [-0.1, -0.05) is 30.9 Å². The highest BCUT2D eigenvalue weighted by atomic mass is 35.5. The van der Waals surface area contributed by atoms with Crippen molar-refractivity contribution in [1.29, 1.82) is 0 Å². The van der Waals surface area contributed by atoms with Crippen LogP contribution in [0.3, 0.4) is 0 Å². The number of nitrogens with one attached hydrogen (secondary N) is 2. The van der Waals surface area contributed by atoms with Crippen LogP contribution < -0.4 is 10.6 Å². The van der Waals surface area contributed by atoms with E-state index in [-0.39, 0.29) is 17.2 Å². The molecule has 1 aliphatic rings. The minimum atomic E-state index is -0.293. The summed E-state index contributed by atoms with van der Waals surface area (Å²) in [5.41, 5.74) is 0.725. The van der Waals surface area contributed by atoms with Crippen molar-refractivity contribution in [1.82, 2.24) is 25.5 Å². The van der Waals surface area contributed by atoms with Gasteiger partial charge >= 0.3 is 0 Å². The number of amides is 2. The zero-order chi connectivity index (χ0) is 19.3. The van der Waals surface area contributed by atoms with Crippen LogP contribution in [-0.2, 0) is 11.3 Å². The fourth-order valence-corrected chi connectivity index (χ4v) is 3.95. The SMILES string of the molecule is CNC(=O)c1cc(NC(=O)CC2(Cn3cnnn3)CCCCC2)ccc1Cl. The van der Waals surface area contributed by atoms with Crippen molar-refractivity contribution in [2.24, 2.45) is 5.41 Å². The van der Waals surface area contributed by atoms with Gasteiger partial charge in [0.2, 0.25) is 5.91 Å². The lowest BCUT2D eigenvalue weighted by atomic mass is 9.71. The fraction of sp³-hybridized carbons (Fsp3) is 0.500. The van der Waals surface area contributed by atoms with Gasteiger partial charge < -0.3 is 10.6 Å². The lowest BCUT2D eigenvalue weighted by Crippen LogP contribution is -2.34. The molecule has 0 bridgehead atoms. The van der Waals surface area contributed by atoms with E-state index in [9.17, 15) is 9.59 Å². The van der Waals surface area contributed by atoms with Crippen molar-refractivity contribution >= 4 is 29.1 Å². The maximum absolute atomic E-state index is 12.7. The molecule has 144 valence electrons. The Kier molecular flexibility index (Phi) is 6.05. The molecule has 2 amide bonds. The van der Waals surface area contributed by atoms with Crippen LogP contribution in [0.25, 0.3) is 0 Å². The number of hydrogen-bond acceptors (Lipinski definition) is 5. The molecule has 0 saturated heterocycles. The second-order valence-electron chi connectivity index (χ2n) is 7.07. The number of tetrazole rings is 1. The van der Waals surface area contributed by atoms with E-state index in [1.165, 1.54) is 13.5 Å². The molecule has 1 heterocycles. The first-order valence-corrected chi connectivity index (χ1v) is 9.41. The van der Waals surface area contributed by atoms with Crippen molar-refractivity contribution in [2.45, 2.75) is 45.1 Å². The molecule has 3 rings (SSSR count). The molecule has 1 aromatic heterocycles. The van der Waals surface area contributed by atoms with Gasteiger partial charge in [-0.05, 0) is 46.9 Å². The van der Waals surface area contributed by atoms with Gasteiger partial charge in [-0.15, -0.1) is 5.10 Å². The number of nitrogens with zero attached hydrogens (tertiary/aromatic N) is 4. The Hall–Kier alpha value is -2.48. The monoisotopic (exact) mass is 390 g/mol. The molecule has 0 atom stereocenters. The van der Waals surface area contributed by atoms with Crippen LogP contribution in [0.1, 0.15) is 48.9 Å². The van der Waals surface area contributed by atoms with Gasteiger partial charge in [0.05, 0.1) is 17.1 Å². The van der Waals surface area contributed by atoms with E-state index in [1.54, 1.807) is 29.2 Å². The van der Waals surface area contributed by atoms with Crippen LogP contribution in [0.2, 0.25) is 5.02 Å². The van der Waals surface area contributed by atoms with Crippen LogP contribution in [-0.4, -0.2) is 39.1 Å². The number of anilines is 1. The van der Waals surface area contributed by atoms with Gasteiger partial charge in [-0.2, -0.15) is 0 Å². The predicted molar refractivity (Wildman–Crippen MR) is 101 cm³/mol. The number of benzene rings is 1. The maximum atomic E-state index is 12.7. The Bertz CT molecular complexity index is 802. The molecule has 0 unspecified atom stereocenters. The largest absolute Gasteiger partial charge is 0.355 e. The predicted octanol–water partition coefficient (Wildman–Crippen LogP) is 2.67. The third kappa shape index (κ3) is 4.82. The molecule has 2 N–H and O–H groups in total. The topological polar surface area (TPSA) is 102 Å². The Morgan fingerprint density at radius 2 is 2.04 bits per heavy atom. The standard InChI is InChI=1S/C18H23ClN6O2/c1-20-17(27)14-9-13(5-6-15(14)19)22-16(26)10-18(7-3-2-4-8-18)11-25-12-21-23-24-25/h5-6,9,12H,2-4,7-8,10-11H2,1H3,(H,20,27)(H,22,26). The molecular formula is C18H23ClN6O2. The quantitative estimate of drug-likeness (QED) is 0.789. The smallest absolute Gasteiger partial charge is 0.252 e. The zero-order valence-electron chi connectivity index (χ0n) is 15.2. The van der Waals surface area contributed by atoms with Crippen molar-refractivity contribution in [3.05, 3.63) is 35.1 Å². The van der Waals surface area contributed by atoms with Crippen LogP contribution in [0, 0.1) is 5.41 Å². The van der Waals surface area contributed by atoms with Gasteiger partial charge in [0, 0.05) is 19.2 Å². The minimum absolute atomic E-state index is 0.0878. The fourth-order valence-electron chi connectivity index (χ4n) is 3.75. The van der Waals surface area contributed by atoms with Crippen molar-refractivity contribution in [3.8, 4) is 0 Å². The lowest BCUT2D eigenvalue weighted by Gasteiger charge is -2.36. The summed E-state index contributed by atoms with van der Waals surface area (Å²) >= 11 is 6.07. The molecule has 0 spiro atoms. The number of halogens is 1. The molecule has 0 aliphatic heterocycles. The minimum Gasteiger partial charge on any atom is -0.355 e. The van der Waals surface area contributed by atoms with Crippen molar-refractivity contribution < 1.29 is 9.59 Å². The van der Waals surface area contributed by atoms with Crippen molar-refractivity contribution in [3.63, 3.8) is 0 Å². The van der Waals surface area contributed by atoms with Gasteiger partial charge in [-0.3, -0.25) is 9.59 Å². The Morgan fingerprint density at radius 3 is 2.70 bits per heavy atom. The molecule has 0 radical (unpaired) electrons. The number of carbonyl (C=O) groups excluding carboxylic acids is 2. The maximum Gasteiger partial charge on any atom is 0.252 e. The second-order valence-corrected chi connectivity index (χ2v) is 7.47. The summed E-state index contributed by atoms with van der Waals surface area (Å²) in [5.74, 6) is -0.381. The van der Waals surface area contributed by atoms with E-state index >= 15 is 0 Å². The highest BCUT2D eigenvalue weighted by Crippen LogP contribution is 2.41. The van der Waals surface area contributed by atoms with Crippen LogP contribution in [0.15, 0.2) is 24.5 Å². The Labute approximate surface area is 162 Å². The van der Waals surface area contributed by atoms with Crippen LogP contribution in [0.5, 0.6) is 0 Å².